The Morgan fingerprint density at radius 2 is 2.00 bits per heavy atom. The molecule has 132 valence electrons. The Kier molecular flexibility index (Phi) is 5.70. The fourth-order valence-electron chi connectivity index (χ4n) is 2.25. The van der Waals surface area contributed by atoms with E-state index in [2.05, 4.69) is 5.32 Å². The lowest BCUT2D eigenvalue weighted by Gasteiger charge is -2.14. The molecule has 1 N–H and O–H groups in total. The molecule has 1 saturated heterocycles. The zero-order valence-electron chi connectivity index (χ0n) is 13.2. The van der Waals surface area contributed by atoms with E-state index in [1.807, 2.05) is 30.3 Å². The molecule has 26 heavy (non-hydrogen) atoms. The Labute approximate surface area is 164 Å². The highest BCUT2D eigenvalue weighted by atomic mass is 35.5. The van der Waals surface area contributed by atoms with E-state index >= 15 is 0 Å². The van der Waals surface area contributed by atoms with Crippen LogP contribution in [0.5, 0.6) is 0 Å². The highest BCUT2D eigenvalue weighted by molar-refractivity contribution is 8.26. The van der Waals surface area contributed by atoms with Gasteiger partial charge in [-0.15, -0.1) is 0 Å². The van der Waals surface area contributed by atoms with Crippen LogP contribution in [0.3, 0.4) is 0 Å². The van der Waals surface area contributed by atoms with Crippen LogP contribution in [0.25, 0.3) is 6.08 Å². The van der Waals surface area contributed by atoms with Gasteiger partial charge in [0.25, 0.3) is 5.91 Å². The third kappa shape index (κ3) is 4.30. The molecule has 0 atom stereocenters. The minimum atomic E-state index is -0.576. The van der Waals surface area contributed by atoms with Crippen molar-refractivity contribution in [2.24, 2.45) is 0 Å². The molecule has 3 rings (SSSR count). The van der Waals surface area contributed by atoms with Crippen molar-refractivity contribution in [3.8, 4) is 0 Å². The Bertz CT molecular complexity index is 919. The molecule has 1 fully saturated rings. The monoisotopic (exact) mass is 406 g/mol. The van der Waals surface area contributed by atoms with E-state index in [4.69, 9.17) is 23.8 Å². The third-order valence-electron chi connectivity index (χ3n) is 3.48. The van der Waals surface area contributed by atoms with E-state index in [0.29, 0.717) is 14.9 Å². The molecule has 0 saturated carbocycles. The average Bonchev–Trinajstić information content (AvgIpc) is 2.86. The Balaban J connectivity index is 1.68. The maximum absolute atomic E-state index is 13.2. The molecule has 1 heterocycles. The molecule has 4 nitrogen and oxygen atoms in total. The van der Waals surface area contributed by atoms with E-state index < -0.39 is 11.7 Å². The lowest BCUT2D eigenvalue weighted by atomic mass is 10.2. The second-order valence-electron chi connectivity index (χ2n) is 5.36. The van der Waals surface area contributed by atoms with Gasteiger partial charge in [0.1, 0.15) is 16.7 Å². The lowest BCUT2D eigenvalue weighted by molar-refractivity contribution is -0.126. The number of thioether (sulfide) groups is 1. The zero-order valence-corrected chi connectivity index (χ0v) is 15.6. The van der Waals surface area contributed by atoms with Crippen LogP contribution >= 0.6 is 35.6 Å². The molecule has 0 bridgehead atoms. The maximum Gasteiger partial charge on any atom is 0.266 e. The van der Waals surface area contributed by atoms with E-state index in [0.717, 1.165) is 23.4 Å². The predicted molar refractivity (Wildman–Crippen MR) is 106 cm³/mol. The number of halogens is 2. The normalized spacial score (nSPS) is 15.6. The van der Waals surface area contributed by atoms with Crippen molar-refractivity contribution < 1.29 is 14.0 Å². The number of benzene rings is 2. The summed E-state index contributed by atoms with van der Waals surface area (Å²) >= 11 is 12.0. The Hall–Kier alpha value is -2.22. The number of hydrogen-bond donors (Lipinski definition) is 1. The van der Waals surface area contributed by atoms with Gasteiger partial charge in [-0.25, -0.2) is 4.39 Å². The van der Waals surface area contributed by atoms with E-state index in [1.54, 1.807) is 6.08 Å². The van der Waals surface area contributed by atoms with Gasteiger partial charge < -0.3 is 5.32 Å². The molecule has 0 aliphatic carbocycles. The Morgan fingerprint density at radius 3 is 2.69 bits per heavy atom. The summed E-state index contributed by atoms with van der Waals surface area (Å²) in [6.07, 6.45) is 1.73. The molecule has 0 radical (unpaired) electrons. The van der Waals surface area contributed by atoms with Crippen molar-refractivity contribution in [1.29, 1.82) is 0 Å². The number of hydrogen-bond acceptors (Lipinski definition) is 4. The first-order valence-electron chi connectivity index (χ1n) is 7.49. The van der Waals surface area contributed by atoms with Gasteiger partial charge in [0.2, 0.25) is 5.91 Å². The van der Waals surface area contributed by atoms with Gasteiger partial charge in [0, 0.05) is 5.69 Å². The molecule has 1 aliphatic rings. The summed E-state index contributed by atoms with van der Waals surface area (Å²) in [5, 5.41) is 2.47. The second kappa shape index (κ2) is 7.99. The summed E-state index contributed by atoms with van der Waals surface area (Å²) in [5.74, 6) is -1.35. The number of amides is 2. The van der Waals surface area contributed by atoms with Crippen LogP contribution in [0.2, 0.25) is 5.02 Å². The van der Waals surface area contributed by atoms with Crippen LogP contribution in [0.15, 0.2) is 53.4 Å². The van der Waals surface area contributed by atoms with Gasteiger partial charge in [-0.05, 0) is 29.8 Å². The van der Waals surface area contributed by atoms with Gasteiger partial charge in [-0.3, -0.25) is 14.5 Å². The van der Waals surface area contributed by atoms with Crippen molar-refractivity contribution in [1.82, 2.24) is 4.90 Å². The molecule has 0 unspecified atom stereocenters. The van der Waals surface area contributed by atoms with Crippen molar-refractivity contribution in [2.75, 3.05) is 11.9 Å². The van der Waals surface area contributed by atoms with Gasteiger partial charge >= 0.3 is 0 Å². The van der Waals surface area contributed by atoms with Crippen LogP contribution in [0.4, 0.5) is 10.1 Å². The average molecular weight is 407 g/mol. The molecule has 0 aromatic heterocycles. The Morgan fingerprint density at radius 1 is 1.27 bits per heavy atom. The second-order valence-corrected chi connectivity index (χ2v) is 7.44. The molecule has 0 spiro atoms. The SMILES string of the molecule is O=C(CN1C(=O)/C(=C/c2ccccc2)SC1=S)Nc1ccc(F)c(Cl)c1. The lowest BCUT2D eigenvalue weighted by Crippen LogP contribution is -2.36. The minimum absolute atomic E-state index is 0.0980. The van der Waals surface area contributed by atoms with Crippen LogP contribution in [0, 0.1) is 5.82 Å². The quantitative estimate of drug-likeness (QED) is 0.607. The summed E-state index contributed by atoms with van der Waals surface area (Å²) in [5.41, 5.74) is 1.21. The fraction of sp³-hybridized carbons (Fsp3) is 0.0556. The summed E-state index contributed by atoms with van der Waals surface area (Å²) in [7, 11) is 0. The van der Waals surface area contributed by atoms with Crippen molar-refractivity contribution in [3.63, 3.8) is 0 Å². The number of nitrogens with zero attached hydrogens (tertiary/aromatic N) is 1. The smallest absolute Gasteiger partial charge is 0.266 e. The highest BCUT2D eigenvalue weighted by Crippen LogP contribution is 2.32. The number of thiocarbonyl (C=S) groups is 1. The van der Waals surface area contributed by atoms with Crippen molar-refractivity contribution in [2.45, 2.75) is 0 Å². The summed E-state index contributed by atoms with van der Waals surface area (Å²) in [6.45, 7) is -0.230. The molecule has 2 amide bonds. The van der Waals surface area contributed by atoms with Gasteiger partial charge in [-0.1, -0.05) is 65.9 Å². The predicted octanol–water partition coefficient (Wildman–Crippen LogP) is 4.32. The first-order valence-corrected chi connectivity index (χ1v) is 9.09. The molecular weight excluding hydrogens is 395 g/mol. The third-order valence-corrected chi connectivity index (χ3v) is 5.14. The molecule has 8 heteroatoms. The van der Waals surface area contributed by atoms with Gasteiger partial charge in [-0.2, -0.15) is 0 Å². The maximum atomic E-state index is 13.2. The largest absolute Gasteiger partial charge is 0.324 e. The van der Waals surface area contributed by atoms with Crippen LogP contribution in [-0.4, -0.2) is 27.6 Å². The van der Waals surface area contributed by atoms with E-state index in [-0.39, 0.29) is 17.5 Å². The summed E-state index contributed by atoms with van der Waals surface area (Å²) in [6, 6.07) is 13.2. The first kappa shape index (κ1) is 18.6. The molecule has 2 aromatic carbocycles. The molecule has 2 aromatic rings. The van der Waals surface area contributed by atoms with Crippen LogP contribution < -0.4 is 5.32 Å². The van der Waals surface area contributed by atoms with Crippen LogP contribution in [-0.2, 0) is 9.59 Å². The number of anilines is 1. The number of nitrogens with one attached hydrogen (secondary N) is 1. The van der Waals surface area contributed by atoms with Crippen LogP contribution in [0.1, 0.15) is 5.56 Å². The van der Waals surface area contributed by atoms with Crippen molar-refractivity contribution >= 4 is 63.5 Å². The number of carbonyl (C=O) groups is 2. The number of carbonyl (C=O) groups excluding carboxylic acids is 2. The highest BCUT2D eigenvalue weighted by Gasteiger charge is 2.33. The first-order chi connectivity index (χ1) is 12.4. The standard InChI is InChI=1S/C18H12ClFN2O2S2/c19-13-9-12(6-7-14(13)20)21-16(23)10-22-17(24)15(26-18(22)25)8-11-4-2-1-3-5-11/h1-9H,10H2,(H,21,23)/b15-8-. The summed E-state index contributed by atoms with van der Waals surface area (Å²) in [4.78, 5) is 26.4. The minimum Gasteiger partial charge on any atom is -0.324 e. The topological polar surface area (TPSA) is 49.4 Å². The fourth-order valence-corrected chi connectivity index (χ4v) is 3.69. The van der Waals surface area contributed by atoms with Gasteiger partial charge in [0.05, 0.1) is 9.93 Å². The van der Waals surface area contributed by atoms with Gasteiger partial charge in [0.15, 0.2) is 0 Å². The van der Waals surface area contributed by atoms with E-state index in [1.165, 1.54) is 17.0 Å². The van der Waals surface area contributed by atoms with E-state index in [9.17, 15) is 14.0 Å². The summed E-state index contributed by atoms with van der Waals surface area (Å²) < 4.78 is 13.5. The zero-order chi connectivity index (χ0) is 18.7. The van der Waals surface area contributed by atoms with Crippen molar-refractivity contribution in [3.05, 3.63) is 69.8 Å². The molecule has 1 aliphatic heterocycles. The molecular formula is C18H12ClFN2O2S2. The number of rotatable bonds is 4.